The van der Waals surface area contributed by atoms with Crippen LogP contribution >= 0.6 is 0 Å². The highest BCUT2D eigenvalue weighted by Crippen LogP contribution is 2.36. The number of ether oxygens (including phenoxy) is 2. The minimum Gasteiger partial charge on any atom is -0.497 e. The van der Waals surface area contributed by atoms with E-state index in [9.17, 15) is 13.2 Å². The molecule has 0 bridgehead atoms. The Morgan fingerprint density at radius 2 is 1.75 bits per heavy atom. The Bertz CT molecular complexity index is 1280. The lowest BCUT2D eigenvalue weighted by Gasteiger charge is -2.30. The number of rotatable bonds is 3. The summed E-state index contributed by atoms with van der Waals surface area (Å²) in [6.45, 7) is 8.05. The molecule has 4 rings (SSSR count). The van der Waals surface area contributed by atoms with E-state index in [1.165, 1.54) is 3.97 Å². The number of fused-ring (bicyclic) bond motifs is 3. The molecular weight excluding hydrogens is 428 g/mol. The number of carbonyl (C=O) groups excluding carboxylic acids is 1. The monoisotopic (exact) mass is 456 g/mol. The summed E-state index contributed by atoms with van der Waals surface area (Å²) in [5.41, 5.74) is 2.43. The summed E-state index contributed by atoms with van der Waals surface area (Å²) < 4.78 is 39.7. The molecule has 32 heavy (non-hydrogen) atoms. The lowest BCUT2D eigenvalue weighted by atomic mass is 10.0. The maximum absolute atomic E-state index is 13.7. The van der Waals surface area contributed by atoms with Gasteiger partial charge in [0, 0.05) is 35.7 Å². The lowest BCUT2D eigenvalue weighted by Crippen LogP contribution is -2.40. The van der Waals surface area contributed by atoms with Gasteiger partial charge in [-0.1, -0.05) is 17.7 Å². The van der Waals surface area contributed by atoms with Gasteiger partial charge < -0.3 is 14.4 Å². The van der Waals surface area contributed by atoms with Crippen molar-refractivity contribution in [3.63, 3.8) is 0 Å². The largest absolute Gasteiger partial charge is 0.497 e. The summed E-state index contributed by atoms with van der Waals surface area (Å²) in [6.07, 6.45) is -0.00428. The molecule has 1 aliphatic rings. The molecule has 1 amide bonds. The van der Waals surface area contributed by atoms with Crippen molar-refractivity contribution in [1.82, 2.24) is 8.87 Å². The fraction of sp³-hybridized carbons (Fsp3) is 0.375. The van der Waals surface area contributed by atoms with E-state index in [2.05, 4.69) is 0 Å². The molecule has 1 aromatic heterocycles. The van der Waals surface area contributed by atoms with Crippen LogP contribution in [0.5, 0.6) is 5.75 Å². The summed E-state index contributed by atoms with van der Waals surface area (Å²) in [5, 5.41) is 0.782. The third-order valence-corrected chi connectivity index (χ3v) is 7.29. The summed E-state index contributed by atoms with van der Waals surface area (Å²) in [6, 6.07) is 12.2. The first-order chi connectivity index (χ1) is 15.0. The van der Waals surface area contributed by atoms with E-state index in [0.717, 1.165) is 16.5 Å². The Morgan fingerprint density at radius 1 is 1.06 bits per heavy atom. The number of amides is 1. The number of nitrogens with zero attached hydrogens (tertiary/aromatic N) is 2. The topological polar surface area (TPSA) is 77.8 Å². The zero-order valence-electron chi connectivity index (χ0n) is 19.0. The van der Waals surface area contributed by atoms with E-state index in [-0.39, 0.29) is 11.4 Å². The summed E-state index contributed by atoms with van der Waals surface area (Å²) in [4.78, 5) is 14.5. The standard InChI is InChI=1S/C24H28N2O5S/c1-16-6-9-18(10-7-16)32(28,29)26-21-12-13-25(23(27)31-24(2,3)4)15-20(21)19-11-8-17(30-5)14-22(19)26/h6-11,14H,12-13,15H2,1-5H3. The maximum Gasteiger partial charge on any atom is 0.410 e. The fourth-order valence-electron chi connectivity index (χ4n) is 4.00. The van der Waals surface area contributed by atoms with Crippen LogP contribution in [0.3, 0.4) is 0 Å². The second-order valence-corrected chi connectivity index (χ2v) is 10.8. The maximum atomic E-state index is 13.7. The molecule has 2 heterocycles. The zero-order valence-corrected chi connectivity index (χ0v) is 19.8. The van der Waals surface area contributed by atoms with E-state index in [4.69, 9.17) is 9.47 Å². The normalized spacial score (nSPS) is 14.3. The lowest BCUT2D eigenvalue weighted by molar-refractivity contribution is 0.0224. The Balaban J connectivity index is 1.87. The molecular formula is C24H28N2O5S. The smallest absolute Gasteiger partial charge is 0.410 e. The number of hydrogen-bond acceptors (Lipinski definition) is 5. The highest BCUT2D eigenvalue weighted by molar-refractivity contribution is 7.90. The molecule has 3 aromatic rings. The molecule has 8 heteroatoms. The van der Waals surface area contributed by atoms with Crippen LogP contribution in [0.1, 0.15) is 37.6 Å². The average Bonchev–Trinajstić information content (AvgIpc) is 3.06. The third-order valence-electron chi connectivity index (χ3n) is 5.52. The number of methoxy groups -OCH3 is 1. The number of aromatic nitrogens is 1. The van der Waals surface area contributed by atoms with Crippen LogP contribution in [-0.4, -0.2) is 42.6 Å². The van der Waals surface area contributed by atoms with E-state index in [1.54, 1.807) is 48.4 Å². The van der Waals surface area contributed by atoms with Crippen molar-refractivity contribution in [3.8, 4) is 5.75 Å². The first-order valence-electron chi connectivity index (χ1n) is 10.5. The van der Waals surface area contributed by atoms with Crippen molar-refractivity contribution in [2.24, 2.45) is 0 Å². The van der Waals surface area contributed by atoms with Gasteiger partial charge in [-0.25, -0.2) is 17.2 Å². The molecule has 0 aliphatic carbocycles. The van der Waals surface area contributed by atoms with Crippen molar-refractivity contribution in [2.45, 2.75) is 51.2 Å². The van der Waals surface area contributed by atoms with Gasteiger partial charge in [0.1, 0.15) is 11.4 Å². The summed E-state index contributed by atoms with van der Waals surface area (Å²) in [7, 11) is -2.30. The molecule has 0 atom stereocenters. The molecule has 0 saturated heterocycles. The van der Waals surface area contributed by atoms with Gasteiger partial charge in [0.05, 0.1) is 24.1 Å². The molecule has 0 radical (unpaired) electrons. The molecule has 0 saturated carbocycles. The van der Waals surface area contributed by atoms with Gasteiger partial charge in [-0.2, -0.15) is 0 Å². The van der Waals surface area contributed by atoms with Gasteiger partial charge in [0.2, 0.25) is 0 Å². The molecule has 2 aromatic carbocycles. The van der Waals surface area contributed by atoms with Crippen molar-refractivity contribution in [2.75, 3.05) is 13.7 Å². The Hall–Kier alpha value is -3.00. The van der Waals surface area contributed by atoms with Crippen molar-refractivity contribution in [3.05, 3.63) is 59.3 Å². The first kappa shape index (κ1) is 22.2. The highest BCUT2D eigenvalue weighted by Gasteiger charge is 2.33. The van der Waals surface area contributed by atoms with Gasteiger partial charge in [-0.3, -0.25) is 0 Å². The van der Waals surface area contributed by atoms with Crippen LogP contribution in [0, 0.1) is 6.92 Å². The predicted molar refractivity (Wildman–Crippen MR) is 123 cm³/mol. The Kier molecular flexibility index (Phi) is 5.45. The third kappa shape index (κ3) is 3.95. The van der Waals surface area contributed by atoms with Gasteiger partial charge in [0.15, 0.2) is 0 Å². The van der Waals surface area contributed by atoms with E-state index < -0.39 is 21.7 Å². The van der Waals surface area contributed by atoms with Crippen LogP contribution < -0.4 is 4.74 Å². The van der Waals surface area contributed by atoms with Gasteiger partial charge in [-0.05, 0) is 52.0 Å². The molecule has 170 valence electrons. The van der Waals surface area contributed by atoms with Crippen molar-refractivity contribution in [1.29, 1.82) is 0 Å². The van der Waals surface area contributed by atoms with Crippen LogP contribution in [0.15, 0.2) is 47.4 Å². The number of aryl methyl sites for hydroxylation is 1. The first-order valence-corrected chi connectivity index (χ1v) is 12.0. The van der Waals surface area contributed by atoms with Gasteiger partial charge in [-0.15, -0.1) is 0 Å². The molecule has 1 aliphatic heterocycles. The zero-order chi connectivity index (χ0) is 23.3. The van der Waals surface area contributed by atoms with Crippen LogP contribution in [0.25, 0.3) is 10.9 Å². The fourth-order valence-corrected chi connectivity index (χ4v) is 5.59. The highest BCUT2D eigenvalue weighted by atomic mass is 32.2. The number of hydrogen-bond donors (Lipinski definition) is 0. The summed E-state index contributed by atoms with van der Waals surface area (Å²) >= 11 is 0. The van der Waals surface area contributed by atoms with Crippen molar-refractivity contribution >= 4 is 27.0 Å². The Labute approximate surface area is 188 Å². The predicted octanol–water partition coefficient (Wildman–Crippen LogP) is 4.49. The quantitative estimate of drug-likeness (QED) is 0.580. The second-order valence-electron chi connectivity index (χ2n) is 9.04. The molecule has 0 N–H and O–H groups in total. The molecule has 0 spiro atoms. The van der Waals surface area contributed by atoms with Crippen molar-refractivity contribution < 1.29 is 22.7 Å². The number of benzene rings is 2. The molecule has 0 fully saturated rings. The minimum absolute atomic E-state index is 0.222. The van der Waals surface area contributed by atoms with E-state index >= 15 is 0 Å². The van der Waals surface area contributed by atoms with Crippen LogP contribution in [0.4, 0.5) is 4.79 Å². The van der Waals surface area contributed by atoms with Crippen LogP contribution in [-0.2, 0) is 27.7 Å². The second kappa shape index (κ2) is 7.85. The van der Waals surface area contributed by atoms with Crippen LogP contribution in [0.2, 0.25) is 0 Å². The molecule has 7 nitrogen and oxygen atoms in total. The van der Waals surface area contributed by atoms with E-state index in [1.807, 2.05) is 33.8 Å². The SMILES string of the molecule is COc1ccc2c3c(n(S(=O)(=O)c4ccc(C)cc4)c2c1)CCN(C(=O)OC(C)(C)C)C3. The Morgan fingerprint density at radius 3 is 2.38 bits per heavy atom. The minimum atomic E-state index is -3.85. The van der Waals surface area contributed by atoms with Gasteiger partial charge in [0.25, 0.3) is 10.0 Å². The van der Waals surface area contributed by atoms with Gasteiger partial charge >= 0.3 is 6.09 Å². The average molecular weight is 457 g/mol. The number of carbonyl (C=O) groups is 1. The molecule has 0 unspecified atom stereocenters. The van der Waals surface area contributed by atoms with E-state index in [0.29, 0.717) is 29.9 Å². The summed E-state index contributed by atoms with van der Waals surface area (Å²) in [5.74, 6) is 0.566.